The highest BCUT2D eigenvalue weighted by Gasteiger charge is 2.49. The van der Waals surface area contributed by atoms with Crippen LogP contribution in [0.15, 0.2) is 66.7 Å². The van der Waals surface area contributed by atoms with Gasteiger partial charge in [0.05, 0.1) is 6.67 Å². The summed E-state index contributed by atoms with van der Waals surface area (Å²) in [6.07, 6.45) is 3.09. The van der Waals surface area contributed by atoms with Gasteiger partial charge in [-0.15, -0.1) is 0 Å². The summed E-state index contributed by atoms with van der Waals surface area (Å²) in [5.74, 6) is -0.198. The van der Waals surface area contributed by atoms with Crippen LogP contribution in [-0.2, 0) is 10.3 Å². The van der Waals surface area contributed by atoms with Gasteiger partial charge in [0, 0.05) is 13.1 Å². The highest BCUT2D eigenvalue weighted by Crippen LogP contribution is 2.29. The molecule has 1 atom stereocenters. The lowest BCUT2D eigenvalue weighted by molar-refractivity contribution is -0.132. The quantitative estimate of drug-likeness (QED) is 0.851. The molecule has 1 N–H and O–H groups in total. The van der Waals surface area contributed by atoms with E-state index in [1.165, 1.54) is 16.0 Å². The molecule has 0 spiro atoms. The number of urea groups is 1. The number of benzene rings is 2. The van der Waals surface area contributed by atoms with E-state index in [2.05, 4.69) is 28.4 Å². The molecule has 2 aliphatic rings. The summed E-state index contributed by atoms with van der Waals surface area (Å²) in [5.41, 5.74) is 2.36. The van der Waals surface area contributed by atoms with Crippen molar-refractivity contribution < 1.29 is 9.59 Å². The van der Waals surface area contributed by atoms with E-state index >= 15 is 0 Å². The maximum atomic E-state index is 13.0. The Labute approximate surface area is 159 Å². The first kappa shape index (κ1) is 17.5. The van der Waals surface area contributed by atoms with E-state index in [1.807, 2.05) is 48.5 Å². The van der Waals surface area contributed by atoms with Crippen molar-refractivity contribution in [1.82, 2.24) is 15.1 Å². The minimum atomic E-state index is -1.00. The van der Waals surface area contributed by atoms with E-state index in [1.54, 1.807) is 6.92 Å². The third kappa shape index (κ3) is 3.26. The Bertz CT molecular complexity index is 879. The lowest BCUT2D eigenvalue weighted by atomic mass is 9.92. The number of imide groups is 1. The molecular weight excluding hydrogens is 338 g/mol. The third-order valence-electron chi connectivity index (χ3n) is 5.41. The van der Waals surface area contributed by atoms with E-state index in [9.17, 15) is 9.59 Å². The Balaban J connectivity index is 1.45. The number of nitrogens with zero attached hydrogens (tertiary/aromatic N) is 2. The Hall–Kier alpha value is -2.92. The van der Waals surface area contributed by atoms with Crippen molar-refractivity contribution >= 4 is 17.5 Å². The molecular formula is C22H23N3O2. The Morgan fingerprint density at radius 3 is 2.30 bits per heavy atom. The Morgan fingerprint density at radius 1 is 1.00 bits per heavy atom. The first-order valence-corrected chi connectivity index (χ1v) is 9.24. The molecule has 0 bridgehead atoms. The van der Waals surface area contributed by atoms with Gasteiger partial charge < -0.3 is 5.32 Å². The fourth-order valence-corrected chi connectivity index (χ4v) is 3.75. The molecule has 2 aromatic rings. The zero-order valence-corrected chi connectivity index (χ0v) is 15.4. The summed E-state index contributed by atoms with van der Waals surface area (Å²) in [7, 11) is 0. The number of nitrogens with one attached hydrogen (secondary N) is 1. The van der Waals surface area contributed by atoms with Crippen molar-refractivity contribution in [2.24, 2.45) is 0 Å². The average Bonchev–Trinajstić information content (AvgIpc) is 2.94. The lowest BCUT2D eigenvalue weighted by Gasteiger charge is -2.29. The highest BCUT2D eigenvalue weighted by atomic mass is 16.2. The molecule has 4 rings (SSSR count). The topological polar surface area (TPSA) is 52.7 Å². The van der Waals surface area contributed by atoms with E-state index in [0.29, 0.717) is 6.67 Å². The van der Waals surface area contributed by atoms with Crippen LogP contribution in [0.1, 0.15) is 24.5 Å². The van der Waals surface area contributed by atoms with Crippen molar-refractivity contribution in [1.29, 1.82) is 0 Å². The molecule has 0 radical (unpaired) electrons. The molecule has 27 heavy (non-hydrogen) atoms. The SMILES string of the molecule is C[C@]1(c2ccccc2)NC(=O)N(CN2CC=C(c3ccccc3)CC2)C1=O. The first-order chi connectivity index (χ1) is 13.1. The van der Waals surface area contributed by atoms with Crippen LogP contribution in [0.2, 0.25) is 0 Å². The molecule has 0 unspecified atom stereocenters. The molecule has 0 aromatic heterocycles. The van der Waals surface area contributed by atoms with Crippen LogP contribution in [0.4, 0.5) is 4.79 Å². The minimum Gasteiger partial charge on any atom is -0.319 e. The van der Waals surface area contributed by atoms with Crippen molar-refractivity contribution in [2.75, 3.05) is 19.8 Å². The molecule has 2 heterocycles. The standard InChI is InChI=1S/C22H23N3O2/c1-22(19-10-6-3-7-11-19)20(26)25(21(27)23-22)16-24-14-12-18(13-15-24)17-8-4-2-5-9-17/h2-12H,13-16H2,1H3,(H,23,27)/t22-/m1/s1. The van der Waals surface area contributed by atoms with Gasteiger partial charge in [0.25, 0.3) is 5.91 Å². The second kappa shape index (κ2) is 7.00. The van der Waals surface area contributed by atoms with Crippen LogP contribution in [0.25, 0.3) is 5.57 Å². The number of hydrogen-bond acceptors (Lipinski definition) is 3. The third-order valence-corrected chi connectivity index (χ3v) is 5.41. The normalized spacial score (nSPS) is 23.3. The summed E-state index contributed by atoms with van der Waals surface area (Å²) in [6, 6.07) is 19.4. The molecule has 138 valence electrons. The zero-order chi connectivity index (χ0) is 18.9. The summed E-state index contributed by atoms with van der Waals surface area (Å²) in [5, 5.41) is 2.87. The maximum absolute atomic E-state index is 13.0. The van der Waals surface area contributed by atoms with Gasteiger partial charge in [-0.25, -0.2) is 9.69 Å². The lowest BCUT2D eigenvalue weighted by Crippen LogP contribution is -2.44. The van der Waals surface area contributed by atoms with E-state index in [4.69, 9.17) is 0 Å². The van der Waals surface area contributed by atoms with Crippen LogP contribution >= 0.6 is 0 Å². The van der Waals surface area contributed by atoms with Crippen LogP contribution < -0.4 is 5.32 Å². The number of rotatable bonds is 4. The summed E-state index contributed by atoms with van der Waals surface area (Å²) < 4.78 is 0. The largest absolute Gasteiger partial charge is 0.326 e. The predicted octanol–water partition coefficient (Wildman–Crippen LogP) is 3.20. The Kier molecular flexibility index (Phi) is 4.54. The van der Waals surface area contributed by atoms with Gasteiger partial charge in [-0.2, -0.15) is 0 Å². The number of carbonyl (C=O) groups is 2. The molecule has 2 aliphatic heterocycles. The molecule has 3 amide bonds. The molecule has 5 heteroatoms. The van der Waals surface area contributed by atoms with Gasteiger partial charge in [-0.3, -0.25) is 9.69 Å². The molecule has 5 nitrogen and oxygen atoms in total. The molecule has 1 fully saturated rings. The van der Waals surface area contributed by atoms with Crippen molar-refractivity contribution in [3.63, 3.8) is 0 Å². The molecule has 1 saturated heterocycles. The van der Waals surface area contributed by atoms with Gasteiger partial charge >= 0.3 is 6.03 Å². The fourth-order valence-electron chi connectivity index (χ4n) is 3.75. The first-order valence-electron chi connectivity index (χ1n) is 9.24. The predicted molar refractivity (Wildman–Crippen MR) is 105 cm³/mol. The fraction of sp³-hybridized carbons (Fsp3) is 0.273. The second-order valence-electron chi connectivity index (χ2n) is 7.22. The van der Waals surface area contributed by atoms with Gasteiger partial charge in [-0.1, -0.05) is 66.7 Å². The smallest absolute Gasteiger partial charge is 0.319 e. The molecule has 0 aliphatic carbocycles. The summed E-state index contributed by atoms with van der Waals surface area (Å²) >= 11 is 0. The highest BCUT2D eigenvalue weighted by molar-refractivity contribution is 6.07. The van der Waals surface area contributed by atoms with Gasteiger partial charge in [0.2, 0.25) is 0 Å². The minimum absolute atomic E-state index is 0.198. The van der Waals surface area contributed by atoms with Crippen LogP contribution in [0.5, 0.6) is 0 Å². The zero-order valence-electron chi connectivity index (χ0n) is 15.4. The van der Waals surface area contributed by atoms with E-state index in [-0.39, 0.29) is 11.9 Å². The number of hydrogen-bond donors (Lipinski definition) is 1. The molecule has 2 aromatic carbocycles. The van der Waals surface area contributed by atoms with Gasteiger partial charge in [0.1, 0.15) is 5.54 Å². The van der Waals surface area contributed by atoms with Crippen molar-refractivity contribution in [3.05, 3.63) is 77.9 Å². The van der Waals surface area contributed by atoms with Crippen LogP contribution in [-0.4, -0.2) is 41.5 Å². The van der Waals surface area contributed by atoms with Crippen LogP contribution in [0.3, 0.4) is 0 Å². The second-order valence-corrected chi connectivity index (χ2v) is 7.22. The van der Waals surface area contributed by atoms with Crippen molar-refractivity contribution in [2.45, 2.75) is 18.9 Å². The summed E-state index contributed by atoms with van der Waals surface area (Å²) in [4.78, 5) is 28.9. The molecule has 0 saturated carbocycles. The monoisotopic (exact) mass is 361 g/mol. The maximum Gasteiger partial charge on any atom is 0.326 e. The van der Waals surface area contributed by atoms with E-state index in [0.717, 1.165) is 25.1 Å². The van der Waals surface area contributed by atoms with E-state index < -0.39 is 5.54 Å². The summed E-state index contributed by atoms with van der Waals surface area (Å²) in [6.45, 7) is 3.63. The number of carbonyl (C=O) groups excluding carboxylic acids is 2. The van der Waals surface area contributed by atoms with Gasteiger partial charge in [-0.05, 0) is 30.0 Å². The Morgan fingerprint density at radius 2 is 1.67 bits per heavy atom. The number of amides is 3. The average molecular weight is 361 g/mol. The van der Waals surface area contributed by atoms with Gasteiger partial charge in [0.15, 0.2) is 0 Å². The van der Waals surface area contributed by atoms with Crippen molar-refractivity contribution in [3.8, 4) is 0 Å². The van der Waals surface area contributed by atoms with Crippen LogP contribution in [0, 0.1) is 0 Å².